The van der Waals surface area contributed by atoms with Crippen molar-refractivity contribution in [2.75, 3.05) is 12.9 Å². The van der Waals surface area contributed by atoms with Crippen molar-refractivity contribution in [1.82, 2.24) is 15.8 Å². The molecule has 0 amide bonds. The summed E-state index contributed by atoms with van der Waals surface area (Å²) in [6.45, 7) is 0.242. The van der Waals surface area contributed by atoms with Crippen LogP contribution in [0.1, 0.15) is 25.7 Å². The van der Waals surface area contributed by atoms with Gasteiger partial charge in [-0.1, -0.05) is 18.2 Å². The van der Waals surface area contributed by atoms with E-state index in [2.05, 4.69) is 46.1 Å². The van der Waals surface area contributed by atoms with Crippen molar-refractivity contribution >= 4 is 23.5 Å². The monoisotopic (exact) mass is 376 g/mol. The van der Waals surface area contributed by atoms with E-state index in [-0.39, 0.29) is 18.1 Å². The zero-order chi connectivity index (χ0) is 17.6. The molecule has 1 fully saturated rings. The molecule has 7 heteroatoms. The van der Waals surface area contributed by atoms with E-state index < -0.39 is 0 Å². The number of nitrogens with zero attached hydrogens (tertiary/aromatic N) is 2. The van der Waals surface area contributed by atoms with Crippen LogP contribution >= 0.6 is 23.5 Å². The lowest BCUT2D eigenvalue weighted by Crippen LogP contribution is -2.60. The van der Waals surface area contributed by atoms with E-state index in [4.69, 9.17) is 5.11 Å². The lowest BCUT2D eigenvalue weighted by molar-refractivity contribution is 0.0891. The van der Waals surface area contributed by atoms with Gasteiger partial charge in [-0.25, -0.2) is 0 Å². The van der Waals surface area contributed by atoms with Gasteiger partial charge in [-0.15, -0.1) is 23.5 Å². The average molecular weight is 377 g/mol. The number of benzene rings is 1. The van der Waals surface area contributed by atoms with Crippen LogP contribution in [0.2, 0.25) is 0 Å². The molecule has 134 valence electrons. The maximum atomic E-state index is 9.62. The van der Waals surface area contributed by atoms with Crippen LogP contribution in [0.3, 0.4) is 0 Å². The Bertz CT molecular complexity index is 646. The number of nitriles is 1. The molecule has 2 heterocycles. The van der Waals surface area contributed by atoms with E-state index in [0.29, 0.717) is 6.04 Å². The van der Waals surface area contributed by atoms with Gasteiger partial charge in [-0.3, -0.25) is 5.32 Å². The third kappa shape index (κ3) is 4.33. The molecule has 1 saturated heterocycles. The molecule has 0 radical (unpaired) electrons. The van der Waals surface area contributed by atoms with Gasteiger partial charge in [0, 0.05) is 17.5 Å². The van der Waals surface area contributed by atoms with E-state index >= 15 is 0 Å². The smallest absolute Gasteiger partial charge is 0.118 e. The second-order valence-corrected chi connectivity index (χ2v) is 8.25. The van der Waals surface area contributed by atoms with E-state index in [1.807, 2.05) is 24.1 Å². The van der Waals surface area contributed by atoms with Crippen LogP contribution in [0, 0.1) is 11.3 Å². The number of unbranched alkanes of at least 4 members (excludes halogenated alkanes) is 1. The van der Waals surface area contributed by atoms with Gasteiger partial charge in [-0.05, 0) is 44.1 Å². The predicted molar refractivity (Wildman–Crippen MR) is 103 cm³/mol. The Hall–Kier alpha value is -1.17. The minimum absolute atomic E-state index is 0.0819. The Kier molecular flexibility index (Phi) is 6.68. The van der Waals surface area contributed by atoms with Crippen LogP contribution in [0.4, 0.5) is 0 Å². The number of thioether (sulfide) groups is 2. The highest BCUT2D eigenvalue weighted by Gasteiger charge is 2.43. The Morgan fingerprint density at radius 2 is 2.12 bits per heavy atom. The van der Waals surface area contributed by atoms with Crippen LogP contribution < -0.4 is 10.7 Å². The van der Waals surface area contributed by atoms with Gasteiger partial charge in [0.1, 0.15) is 12.2 Å². The van der Waals surface area contributed by atoms with E-state index in [0.717, 1.165) is 36.3 Å². The van der Waals surface area contributed by atoms with Crippen LogP contribution in [-0.4, -0.2) is 40.6 Å². The number of aliphatic hydroxyl groups excluding tert-OH is 1. The lowest BCUT2D eigenvalue weighted by atomic mass is 10.0. The molecule has 5 nitrogen and oxygen atoms in total. The molecule has 3 unspecified atom stereocenters. The van der Waals surface area contributed by atoms with Gasteiger partial charge >= 0.3 is 0 Å². The maximum Gasteiger partial charge on any atom is 0.118 e. The van der Waals surface area contributed by atoms with Gasteiger partial charge in [0.05, 0.1) is 16.0 Å². The summed E-state index contributed by atoms with van der Waals surface area (Å²) in [6, 6.07) is 13.1. The summed E-state index contributed by atoms with van der Waals surface area (Å²) in [5.41, 5.74) is 4.21. The fraction of sp³-hybridized carbons (Fsp3) is 0.500. The van der Waals surface area contributed by atoms with Crippen molar-refractivity contribution in [3.8, 4) is 6.07 Å². The second kappa shape index (κ2) is 8.97. The predicted octanol–water partition coefficient (Wildman–Crippen LogP) is 2.87. The highest BCUT2D eigenvalue weighted by molar-refractivity contribution is 8.02. The molecule has 0 bridgehead atoms. The van der Waals surface area contributed by atoms with Crippen LogP contribution in [0.25, 0.3) is 0 Å². The summed E-state index contributed by atoms with van der Waals surface area (Å²) in [7, 11) is 0. The number of fused-ring (bicyclic) bond motifs is 1. The number of hydrogen-bond acceptors (Lipinski definition) is 7. The van der Waals surface area contributed by atoms with Gasteiger partial charge in [0.25, 0.3) is 0 Å². The third-order valence-corrected chi connectivity index (χ3v) is 6.47. The molecular formula is C18H24N4OS2. The fourth-order valence-electron chi connectivity index (χ4n) is 3.29. The SMILES string of the molecule is CSC1=C(C#N)C2NC(CCCCO)CC(Sc3ccccc3)N2N1. The van der Waals surface area contributed by atoms with E-state index in [1.165, 1.54) is 4.90 Å². The van der Waals surface area contributed by atoms with E-state index in [9.17, 15) is 5.26 Å². The van der Waals surface area contributed by atoms with Crippen molar-refractivity contribution in [3.63, 3.8) is 0 Å². The molecule has 0 spiro atoms. The number of rotatable bonds is 7. The summed E-state index contributed by atoms with van der Waals surface area (Å²) in [4.78, 5) is 1.24. The molecule has 25 heavy (non-hydrogen) atoms. The number of nitrogens with one attached hydrogen (secondary N) is 2. The summed E-state index contributed by atoms with van der Waals surface area (Å²) in [5, 5.41) is 25.7. The van der Waals surface area contributed by atoms with Crippen molar-refractivity contribution in [1.29, 1.82) is 5.26 Å². The summed E-state index contributed by atoms with van der Waals surface area (Å²) in [5.74, 6) is 0. The molecule has 1 aromatic rings. The molecule has 0 aliphatic carbocycles. The summed E-state index contributed by atoms with van der Waals surface area (Å²) < 4.78 is 0. The molecule has 2 aliphatic rings. The minimum Gasteiger partial charge on any atom is -0.396 e. The number of aliphatic hydroxyl groups is 1. The zero-order valence-electron chi connectivity index (χ0n) is 14.3. The summed E-state index contributed by atoms with van der Waals surface area (Å²) >= 11 is 3.42. The van der Waals surface area contributed by atoms with E-state index in [1.54, 1.807) is 11.8 Å². The van der Waals surface area contributed by atoms with Gasteiger partial charge < -0.3 is 10.5 Å². The number of hydrazine groups is 1. The Morgan fingerprint density at radius 1 is 1.32 bits per heavy atom. The van der Waals surface area contributed by atoms with Crippen molar-refractivity contribution < 1.29 is 5.11 Å². The second-order valence-electron chi connectivity index (χ2n) is 6.18. The van der Waals surface area contributed by atoms with Crippen LogP contribution in [0.5, 0.6) is 0 Å². The number of hydrogen-bond donors (Lipinski definition) is 3. The standard InChI is InChI=1S/C18H24N4OS2/c1-24-18-15(12-19)17-20-13(7-5-6-10-23)11-16(22(17)21-18)25-14-8-3-2-4-9-14/h2-4,8-9,13,16-17,20-21,23H,5-7,10-11H2,1H3. The normalized spacial score (nSPS) is 26.2. The highest BCUT2D eigenvalue weighted by atomic mass is 32.2. The molecule has 1 aromatic carbocycles. The Labute approximate surface area is 157 Å². The van der Waals surface area contributed by atoms with Gasteiger partial charge in [-0.2, -0.15) is 10.3 Å². The first-order valence-electron chi connectivity index (χ1n) is 8.58. The summed E-state index contributed by atoms with van der Waals surface area (Å²) in [6.07, 6.45) is 5.76. The van der Waals surface area contributed by atoms with Gasteiger partial charge in [0.15, 0.2) is 0 Å². The molecule has 3 N–H and O–H groups in total. The van der Waals surface area contributed by atoms with Crippen molar-refractivity contribution in [3.05, 3.63) is 40.9 Å². The third-order valence-electron chi connectivity index (χ3n) is 4.52. The Morgan fingerprint density at radius 3 is 2.80 bits per heavy atom. The zero-order valence-corrected chi connectivity index (χ0v) is 15.9. The largest absolute Gasteiger partial charge is 0.396 e. The molecule has 0 saturated carbocycles. The molecule has 0 aromatic heterocycles. The molecule has 3 atom stereocenters. The van der Waals surface area contributed by atoms with Gasteiger partial charge in [0.2, 0.25) is 0 Å². The maximum absolute atomic E-state index is 9.62. The Balaban J connectivity index is 1.77. The first kappa shape index (κ1) is 18.6. The minimum atomic E-state index is -0.0819. The topological polar surface area (TPSA) is 71.3 Å². The first-order valence-corrected chi connectivity index (χ1v) is 10.7. The van der Waals surface area contributed by atoms with Crippen molar-refractivity contribution in [2.45, 2.75) is 48.2 Å². The molecule has 3 rings (SSSR count). The molecular weight excluding hydrogens is 352 g/mol. The average Bonchev–Trinajstić information content (AvgIpc) is 3.01. The molecule has 2 aliphatic heterocycles. The highest BCUT2D eigenvalue weighted by Crippen LogP contribution is 2.38. The fourth-order valence-corrected chi connectivity index (χ4v) is 5.11. The van der Waals surface area contributed by atoms with Crippen LogP contribution in [0.15, 0.2) is 45.8 Å². The quantitative estimate of drug-likeness (QED) is 0.632. The van der Waals surface area contributed by atoms with Crippen molar-refractivity contribution in [2.24, 2.45) is 0 Å². The van der Waals surface area contributed by atoms with Crippen LogP contribution in [-0.2, 0) is 0 Å². The lowest BCUT2D eigenvalue weighted by Gasteiger charge is -2.42. The first-order chi connectivity index (χ1) is 12.3.